The summed E-state index contributed by atoms with van der Waals surface area (Å²) in [6.07, 6.45) is 0.907. The number of likely N-dealkylation sites (N-methyl/N-ethyl adjacent to an activating group) is 1. The van der Waals surface area contributed by atoms with Crippen LogP contribution >= 0.6 is 0 Å². The minimum absolute atomic E-state index is 0.107. The molecule has 3 rings (SSSR count). The van der Waals surface area contributed by atoms with E-state index in [0.29, 0.717) is 30.2 Å². The molecular weight excluding hydrogens is 449 g/mol. The standard InChI is InChI=1S/C27H36FN3O4/c1-6-12-31-15-18(2)25(34-5)16-30(4)27(33)23-11-10-22(14-24(23)35-17-19(31)3)29-26(32)20-8-7-9-21(28)13-20/h7-11,13-14,18-19,25H,6,12,15-17H2,1-5H3,(H,29,32)/t18-,19-,25+/m0/s1. The Bertz CT molecular complexity index is 1030. The van der Waals surface area contributed by atoms with Crippen molar-refractivity contribution in [3.63, 3.8) is 0 Å². The molecule has 0 radical (unpaired) electrons. The molecule has 2 aromatic carbocycles. The van der Waals surface area contributed by atoms with E-state index in [0.717, 1.165) is 19.5 Å². The summed E-state index contributed by atoms with van der Waals surface area (Å²) in [5, 5.41) is 2.77. The van der Waals surface area contributed by atoms with E-state index in [9.17, 15) is 14.0 Å². The third-order valence-corrected chi connectivity index (χ3v) is 6.43. The van der Waals surface area contributed by atoms with Crippen molar-refractivity contribution in [2.75, 3.05) is 45.7 Å². The molecule has 0 aromatic heterocycles. The van der Waals surface area contributed by atoms with Gasteiger partial charge in [0.15, 0.2) is 0 Å². The monoisotopic (exact) mass is 485 g/mol. The van der Waals surface area contributed by atoms with Crippen molar-refractivity contribution in [3.8, 4) is 5.75 Å². The molecule has 7 nitrogen and oxygen atoms in total. The van der Waals surface area contributed by atoms with Crippen LogP contribution in [0.3, 0.4) is 0 Å². The predicted molar refractivity (Wildman–Crippen MR) is 135 cm³/mol. The van der Waals surface area contributed by atoms with Gasteiger partial charge < -0.3 is 19.7 Å². The van der Waals surface area contributed by atoms with Crippen molar-refractivity contribution >= 4 is 17.5 Å². The first-order valence-electron chi connectivity index (χ1n) is 12.1. The molecule has 0 saturated heterocycles. The first-order chi connectivity index (χ1) is 16.7. The van der Waals surface area contributed by atoms with Crippen LogP contribution in [0, 0.1) is 11.7 Å². The summed E-state index contributed by atoms with van der Waals surface area (Å²) < 4.78 is 25.5. The van der Waals surface area contributed by atoms with E-state index in [1.54, 1.807) is 43.3 Å². The van der Waals surface area contributed by atoms with Crippen LogP contribution in [0.1, 0.15) is 47.9 Å². The zero-order chi connectivity index (χ0) is 25.5. The fourth-order valence-corrected chi connectivity index (χ4v) is 4.36. The summed E-state index contributed by atoms with van der Waals surface area (Å²) in [7, 11) is 3.44. The molecule has 0 spiro atoms. The predicted octanol–water partition coefficient (Wildman–Crippen LogP) is 4.29. The summed E-state index contributed by atoms with van der Waals surface area (Å²) in [6, 6.07) is 10.6. The fourth-order valence-electron chi connectivity index (χ4n) is 4.36. The second kappa shape index (κ2) is 12.1. The van der Waals surface area contributed by atoms with Gasteiger partial charge in [-0.25, -0.2) is 4.39 Å². The van der Waals surface area contributed by atoms with Gasteiger partial charge in [-0.05, 0) is 56.1 Å². The topological polar surface area (TPSA) is 71.1 Å². The van der Waals surface area contributed by atoms with Gasteiger partial charge in [-0.2, -0.15) is 0 Å². The van der Waals surface area contributed by atoms with E-state index in [4.69, 9.17) is 9.47 Å². The van der Waals surface area contributed by atoms with Gasteiger partial charge in [0.2, 0.25) is 0 Å². The molecule has 2 amide bonds. The number of anilines is 1. The lowest BCUT2D eigenvalue weighted by Crippen LogP contribution is -2.46. The Morgan fingerprint density at radius 2 is 1.97 bits per heavy atom. The van der Waals surface area contributed by atoms with Crippen LogP contribution in [0.15, 0.2) is 42.5 Å². The maximum atomic E-state index is 13.5. The van der Waals surface area contributed by atoms with E-state index < -0.39 is 11.7 Å². The van der Waals surface area contributed by atoms with Crippen LogP contribution in [0.25, 0.3) is 0 Å². The maximum absolute atomic E-state index is 13.5. The molecule has 3 atom stereocenters. The Kier molecular flexibility index (Phi) is 9.23. The lowest BCUT2D eigenvalue weighted by atomic mass is 10.0. The van der Waals surface area contributed by atoms with Crippen molar-refractivity contribution in [1.29, 1.82) is 0 Å². The van der Waals surface area contributed by atoms with Gasteiger partial charge in [-0.1, -0.05) is 19.9 Å². The number of nitrogens with one attached hydrogen (secondary N) is 1. The second-order valence-electron chi connectivity index (χ2n) is 9.27. The molecule has 8 heteroatoms. The highest BCUT2D eigenvalue weighted by molar-refractivity contribution is 6.05. The smallest absolute Gasteiger partial charge is 0.257 e. The molecule has 0 unspecified atom stereocenters. The molecule has 1 aliphatic heterocycles. The second-order valence-corrected chi connectivity index (χ2v) is 9.27. The lowest BCUT2D eigenvalue weighted by molar-refractivity contribution is 0.0108. The Labute approximate surface area is 207 Å². The van der Waals surface area contributed by atoms with E-state index in [1.807, 2.05) is 0 Å². The van der Waals surface area contributed by atoms with Gasteiger partial charge in [0.25, 0.3) is 11.8 Å². The number of hydrogen-bond donors (Lipinski definition) is 1. The fraction of sp³-hybridized carbons (Fsp3) is 0.481. The average molecular weight is 486 g/mol. The van der Waals surface area contributed by atoms with Gasteiger partial charge in [0.1, 0.15) is 18.2 Å². The summed E-state index contributed by atoms with van der Waals surface area (Å²) in [4.78, 5) is 30.0. The number of fused-ring (bicyclic) bond motifs is 1. The number of rotatable bonds is 5. The number of benzene rings is 2. The van der Waals surface area contributed by atoms with Gasteiger partial charge in [0, 0.05) is 50.6 Å². The van der Waals surface area contributed by atoms with Gasteiger partial charge >= 0.3 is 0 Å². The SMILES string of the molecule is CCCN1C[C@H](C)[C@H](OC)CN(C)C(=O)c2ccc(NC(=O)c3cccc(F)c3)cc2OC[C@@H]1C. The van der Waals surface area contributed by atoms with E-state index in [1.165, 1.54) is 18.2 Å². The number of amides is 2. The van der Waals surface area contributed by atoms with Gasteiger partial charge in [-0.15, -0.1) is 0 Å². The van der Waals surface area contributed by atoms with E-state index in [-0.39, 0.29) is 29.5 Å². The summed E-state index contributed by atoms with van der Waals surface area (Å²) in [5.74, 6) is -0.494. The van der Waals surface area contributed by atoms with Gasteiger partial charge in [0.05, 0.1) is 11.7 Å². The zero-order valence-electron chi connectivity index (χ0n) is 21.2. The van der Waals surface area contributed by atoms with Crippen molar-refractivity contribution in [2.24, 2.45) is 5.92 Å². The van der Waals surface area contributed by atoms with Crippen molar-refractivity contribution < 1.29 is 23.5 Å². The van der Waals surface area contributed by atoms with Crippen molar-refractivity contribution in [3.05, 3.63) is 59.4 Å². The van der Waals surface area contributed by atoms with Crippen molar-refractivity contribution in [2.45, 2.75) is 39.3 Å². The summed E-state index contributed by atoms with van der Waals surface area (Å²) in [5.41, 5.74) is 1.08. The number of hydrogen-bond acceptors (Lipinski definition) is 5. The zero-order valence-corrected chi connectivity index (χ0v) is 21.2. The Balaban J connectivity index is 1.91. The van der Waals surface area contributed by atoms with Crippen LogP contribution in [0.2, 0.25) is 0 Å². The normalized spacial score (nSPS) is 21.9. The molecule has 1 N–H and O–H groups in total. The number of methoxy groups -OCH3 is 1. The molecule has 0 fully saturated rings. The van der Waals surface area contributed by atoms with Crippen LogP contribution in [-0.4, -0.2) is 74.2 Å². The highest BCUT2D eigenvalue weighted by Crippen LogP contribution is 2.27. The molecule has 0 saturated carbocycles. The molecular formula is C27H36FN3O4. The third kappa shape index (κ3) is 6.80. The molecule has 2 aromatic rings. The Morgan fingerprint density at radius 3 is 2.66 bits per heavy atom. The van der Waals surface area contributed by atoms with Crippen LogP contribution in [-0.2, 0) is 4.74 Å². The third-order valence-electron chi connectivity index (χ3n) is 6.43. The number of nitrogens with zero attached hydrogens (tertiary/aromatic N) is 2. The first-order valence-corrected chi connectivity index (χ1v) is 12.1. The molecule has 190 valence electrons. The largest absolute Gasteiger partial charge is 0.491 e. The number of halogens is 1. The molecule has 35 heavy (non-hydrogen) atoms. The molecule has 0 bridgehead atoms. The van der Waals surface area contributed by atoms with E-state index >= 15 is 0 Å². The maximum Gasteiger partial charge on any atom is 0.257 e. The highest BCUT2D eigenvalue weighted by atomic mass is 19.1. The number of ether oxygens (including phenoxy) is 2. The van der Waals surface area contributed by atoms with Crippen LogP contribution < -0.4 is 10.1 Å². The van der Waals surface area contributed by atoms with Crippen LogP contribution in [0.5, 0.6) is 5.75 Å². The molecule has 1 heterocycles. The minimum Gasteiger partial charge on any atom is -0.491 e. The quantitative estimate of drug-likeness (QED) is 0.684. The molecule has 0 aliphatic carbocycles. The van der Waals surface area contributed by atoms with E-state index in [2.05, 4.69) is 31.0 Å². The average Bonchev–Trinajstić information content (AvgIpc) is 2.84. The summed E-state index contributed by atoms with van der Waals surface area (Å²) in [6.45, 7) is 9.00. The van der Waals surface area contributed by atoms with Gasteiger partial charge in [-0.3, -0.25) is 14.5 Å². The molecule has 1 aliphatic rings. The first kappa shape index (κ1) is 26.6. The Morgan fingerprint density at radius 1 is 1.20 bits per heavy atom. The highest BCUT2D eigenvalue weighted by Gasteiger charge is 2.28. The number of carbonyl (C=O) groups excluding carboxylic acids is 2. The Hall–Kier alpha value is -2.97. The number of carbonyl (C=O) groups is 2. The summed E-state index contributed by atoms with van der Waals surface area (Å²) >= 11 is 0. The van der Waals surface area contributed by atoms with Crippen LogP contribution in [0.4, 0.5) is 10.1 Å². The minimum atomic E-state index is -0.485. The lowest BCUT2D eigenvalue weighted by Gasteiger charge is -2.35. The van der Waals surface area contributed by atoms with Crippen molar-refractivity contribution in [1.82, 2.24) is 9.80 Å².